The van der Waals surface area contributed by atoms with Crippen molar-refractivity contribution in [1.29, 1.82) is 0 Å². The van der Waals surface area contributed by atoms with Gasteiger partial charge >= 0.3 is 60.2 Å². The Kier molecular flexibility index (Phi) is 4.26. The number of hydrogen-bond acceptors (Lipinski definition) is 4. The molecule has 6 heteroatoms. The zero-order valence-electron chi connectivity index (χ0n) is 3.07. The van der Waals surface area contributed by atoms with Crippen LogP contribution in [0.15, 0.2) is 0 Å². The van der Waals surface area contributed by atoms with E-state index in [1.807, 2.05) is 0 Å². The molecule has 0 saturated heterocycles. The van der Waals surface area contributed by atoms with Crippen molar-refractivity contribution in [3.8, 4) is 0 Å². The molecule has 0 aromatic rings. The molecule has 0 atom stereocenters. The Bertz CT molecular complexity index is 76.1. The second-order valence-corrected chi connectivity index (χ2v) is 3.07. The third-order valence-electron chi connectivity index (χ3n) is 0.235. The molecule has 0 aromatic heterocycles. The number of thiocarbonyl (C=S) groups is 1. The first kappa shape index (κ1) is 7.85. The van der Waals surface area contributed by atoms with Gasteiger partial charge in [0.05, 0.1) is 0 Å². The summed E-state index contributed by atoms with van der Waals surface area (Å²) in [7, 11) is 1.10. The van der Waals surface area contributed by atoms with Crippen LogP contribution in [0.4, 0.5) is 0 Å². The number of hydroxylamine groups is 2. The van der Waals surface area contributed by atoms with Gasteiger partial charge in [0.15, 0.2) is 0 Å². The van der Waals surface area contributed by atoms with Crippen LogP contribution < -0.4 is 0 Å². The maximum absolute atomic E-state index is 8.05. The molecule has 2 N–H and O–H groups in total. The van der Waals surface area contributed by atoms with Gasteiger partial charge in [-0.3, -0.25) is 0 Å². The average Bonchev–Trinajstić information content (AvgIpc) is 1.65. The summed E-state index contributed by atoms with van der Waals surface area (Å²) < 4.78 is 0.0461. The van der Waals surface area contributed by atoms with Crippen LogP contribution in [0, 0.1) is 0 Å². The first-order valence-electron chi connectivity index (χ1n) is 1.20. The van der Waals surface area contributed by atoms with Gasteiger partial charge < -0.3 is 0 Å². The summed E-state index contributed by atoms with van der Waals surface area (Å²) in [5.41, 5.74) is 0. The second kappa shape index (κ2) is 3.80. The molecule has 0 aliphatic carbocycles. The van der Waals surface area contributed by atoms with Gasteiger partial charge in [0.25, 0.3) is 0 Å². The van der Waals surface area contributed by atoms with E-state index in [1.54, 1.807) is 18.5 Å². The summed E-state index contributed by atoms with van der Waals surface area (Å²) in [5.74, 6) is 0. The summed E-state index contributed by atoms with van der Waals surface area (Å²) in [5, 5.41) is 16.0. The molecule has 7 heavy (non-hydrogen) atoms. The second-order valence-electron chi connectivity index (χ2n) is 0.639. The fourth-order valence-corrected chi connectivity index (χ4v) is 0.592. The van der Waals surface area contributed by atoms with Crippen molar-refractivity contribution < 1.29 is 29.0 Å². The van der Waals surface area contributed by atoms with Crippen LogP contribution in [0.1, 0.15) is 0 Å². The maximum atomic E-state index is 8.05. The Labute approximate surface area is 60.2 Å². The van der Waals surface area contributed by atoms with Crippen molar-refractivity contribution in [3.63, 3.8) is 0 Å². The van der Waals surface area contributed by atoms with Crippen molar-refractivity contribution in [2.24, 2.45) is 0 Å². The minimum atomic E-state index is -0.0808. The van der Waals surface area contributed by atoms with Gasteiger partial charge in [-0.1, -0.05) is 0 Å². The predicted octanol–water partition coefficient (Wildman–Crippen LogP) is 0.547. The Morgan fingerprint density at radius 2 is 2.14 bits per heavy atom. The van der Waals surface area contributed by atoms with Gasteiger partial charge in [-0.2, -0.15) is 0 Å². The van der Waals surface area contributed by atoms with Crippen LogP contribution in [0.5, 0.6) is 0 Å². The van der Waals surface area contributed by atoms with Crippen molar-refractivity contribution in [3.05, 3.63) is 0 Å². The van der Waals surface area contributed by atoms with E-state index in [4.69, 9.17) is 10.4 Å². The van der Waals surface area contributed by atoms with Crippen molar-refractivity contribution in [1.82, 2.24) is 5.23 Å². The standard InChI is InChI=1S/CH3NO2S2.Mo/c3-2(4)1(5)6;/h3-4H,(H,5,6);/q;+1/p-1. The Balaban J connectivity index is 3.35. The van der Waals surface area contributed by atoms with Crippen LogP contribution in [0.2, 0.25) is 0 Å². The molecule has 0 bridgehead atoms. The first-order chi connectivity index (χ1) is 3.18. The normalized spacial score (nSPS) is 8.29. The molecule has 0 aliphatic rings. The summed E-state index contributed by atoms with van der Waals surface area (Å²) in [4.78, 5) is 0. The fourth-order valence-electron chi connectivity index (χ4n) is 0.0333. The predicted molar refractivity (Wildman–Crippen MR) is 25.6 cm³/mol. The van der Waals surface area contributed by atoms with Crippen molar-refractivity contribution in [2.75, 3.05) is 0 Å². The third-order valence-corrected chi connectivity index (χ3v) is 2.96. The Morgan fingerprint density at radius 3 is 2.14 bits per heavy atom. The van der Waals surface area contributed by atoms with Crippen LogP contribution in [-0.4, -0.2) is 20.0 Å². The van der Waals surface area contributed by atoms with E-state index in [0.717, 1.165) is 9.47 Å². The molecule has 0 rings (SSSR count). The molecule has 0 saturated carbocycles. The van der Waals surface area contributed by atoms with E-state index in [-0.39, 0.29) is 9.55 Å². The number of rotatable bonds is 0. The molecule has 3 nitrogen and oxygen atoms in total. The van der Waals surface area contributed by atoms with Gasteiger partial charge in [-0.05, 0) is 0 Å². The van der Waals surface area contributed by atoms with E-state index < -0.39 is 0 Å². The monoisotopic (exact) mass is 222 g/mol. The molecule has 0 amide bonds. The van der Waals surface area contributed by atoms with E-state index in [9.17, 15) is 0 Å². The van der Waals surface area contributed by atoms with Gasteiger partial charge in [0.2, 0.25) is 0 Å². The number of hydrogen-bond donors (Lipinski definition) is 2. The topological polar surface area (TPSA) is 43.7 Å². The summed E-state index contributed by atoms with van der Waals surface area (Å²) in [6.07, 6.45) is 0. The number of nitrogens with zero attached hydrogens (tertiary/aromatic N) is 1. The van der Waals surface area contributed by atoms with Crippen LogP contribution in [0.25, 0.3) is 0 Å². The fraction of sp³-hybridized carbons (Fsp3) is 0. The van der Waals surface area contributed by atoms with Gasteiger partial charge in [-0.25, -0.2) is 0 Å². The Morgan fingerprint density at radius 1 is 1.71 bits per heavy atom. The van der Waals surface area contributed by atoms with Gasteiger partial charge in [0.1, 0.15) is 0 Å². The molecule has 0 radical (unpaired) electrons. The molecule has 0 fully saturated rings. The zero-order valence-corrected chi connectivity index (χ0v) is 6.71. The van der Waals surface area contributed by atoms with Crippen molar-refractivity contribution in [2.45, 2.75) is 0 Å². The third kappa shape index (κ3) is 3.43. The van der Waals surface area contributed by atoms with Crippen LogP contribution in [-0.2, 0) is 18.5 Å². The molecule has 0 heterocycles. The molecule has 0 spiro atoms. The van der Waals surface area contributed by atoms with Crippen LogP contribution >= 0.6 is 21.7 Å². The summed E-state index contributed by atoms with van der Waals surface area (Å²) >= 11 is 5.96. The van der Waals surface area contributed by atoms with E-state index in [0.29, 0.717) is 0 Å². The molecule has 0 unspecified atom stereocenters. The van der Waals surface area contributed by atoms with E-state index in [1.165, 1.54) is 0 Å². The average molecular weight is 220 g/mol. The minimum absolute atomic E-state index is 0.0461. The van der Waals surface area contributed by atoms with Gasteiger partial charge in [-0.15, -0.1) is 0 Å². The first-order valence-corrected chi connectivity index (χ1v) is 4.81. The van der Waals surface area contributed by atoms with E-state index >= 15 is 0 Å². The molecular formula is CH2MoNO2S2. The molecular weight excluding hydrogens is 218 g/mol. The van der Waals surface area contributed by atoms with Crippen molar-refractivity contribution >= 4 is 26.0 Å². The summed E-state index contributed by atoms with van der Waals surface area (Å²) in [6.45, 7) is 0. The van der Waals surface area contributed by atoms with Gasteiger partial charge in [0, 0.05) is 0 Å². The quantitative estimate of drug-likeness (QED) is 0.354. The SMILES string of the molecule is ON(O)C(=S)[S][Mo]. The molecule has 41 valence electrons. The van der Waals surface area contributed by atoms with E-state index in [2.05, 4.69) is 12.2 Å². The molecule has 0 aliphatic heterocycles. The molecule has 0 aromatic carbocycles. The van der Waals surface area contributed by atoms with Crippen LogP contribution in [0.3, 0.4) is 0 Å². The Hall–Kier alpha value is 0.848. The zero-order chi connectivity index (χ0) is 5.86. The summed E-state index contributed by atoms with van der Waals surface area (Å²) in [6, 6.07) is 0.